The maximum atomic E-state index is 12.6. The monoisotopic (exact) mass is 326 g/mol. The second-order valence-electron chi connectivity index (χ2n) is 5.79. The van der Waals surface area contributed by atoms with Gasteiger partial charge in [-0.1, -0.05) is 17.3 Å². The van der Waals surface area contributed by atoms with Crippen LogP contribution >= 0.6 is 0 Å². The summed E-state index contributed by atoms with van der Waals surface area (Å²) in [6, 6.07) is 5.69. The van der Waals surface area contributed by atoms with Gasteiger partial charge in [0.25, 0.3) is 11.3 Å². The fourth-order valence-corrected chi connectivity index (χ4v) is 2.58. The second-order valence-corrected chi connectivity index (χ2v) is 5.79. The van der Waals surface area contributed by atoms with Gasteiger partial charge in [-0.25, -0.2) is 0 Å². The highest BCUT2D eigenvalue weighted by molar-refractivity contribution is 5.91. The number of hydrogen-bond donors (Lipinski definition) is 1. The van der Waals surface area contributed by atoms with E-state index in [2.05, 4.69) is 15.5 Å². The van der Waals surface area contributed by atoms with Gasteiger partial charge in [0.15, 0.2) is 0 Å². The number of amides is 1. The van der Waals surface area contributed by atoms with E-state index in [1.54, 1.807) is 13.8 Å². The number of nitrogens with one attached hydrogen (secondary N) is 1. The number of hydrogen-bond acceptors (Lipinski definition) is 5. The van der Waals surface area contributed by atoms with E-state index in [9.17, 15) is 9.59 Å². The molecule has 0 saturated heterocycles. The molecule has 0 spiro atoms. The van der Waals surface area contributed by atoms with Gasteiger partial charge in [0.2, 0.25) is 5.91 Å². The fraction of sp³-hybridized carbons (Fsp3) is 0.294. The molecule has 124 valence electrons. The third-order valence-electron chi connectivity index (χ3n) is 4.14. The van der Waals surface area contributed by atoms with Gasteiger partial charge >= 0.3 is 0 Å². The van der Waals surface area contributed by atoms with Crippen molar-refractivity contribution in [2.24, 2.45) is 0 Å². The van der Waals surface area contributed by atoms with E-state index in [-0.39, 0.29) is 23.7 Å². The number of benzene rings is 1. The van der Waals surface area contributed by atoms with E-state index >= 15 is 0 Å². The van der Waals surface area contributed by atoms with Gasteiger partial charge in [0.1, 0.15) is 17.8 Å². The highest BCUT2D eigenvalue weighted by Gasteiger charge is 2.17. The molecule has 0 aliphatic rings. The molecule has 0 bridgehead atoms. The van der Waals surface area contributed by atoms with E-state index in [1.165, 1.54) is 4.57 Å². The van der Waals surface area contributed by atoms with Gasteiger partial charge in [0, 0.05) is 5.69 Å². The van der Waals surface area contributed by atoms with E-state index in [4.69, 9.17) is 4.52 Å². The molecule has 3 rings (SSSR count). The van der Waals surface area contributed by atoms with Gasteiger partial charge in [-0.2, -0.15) is 4.98 Å². The van der Waals surface area contributed by atoms with Crippen LogP contribution in [0, 0.1) is 27.7 Å². The van der Waals surface area contributed by atoms with Crippen LogP contribution in [0.2, 0.25) is 0 Å². The van der Waals surface area contributed by atoms with Crippen LogP contribution in [0.15, 0.2) is 27.5 Å². The number of aryl methyl sites for hydroxylation is 3. The molecule has 0 saturated carbocycles. The molecule has 7 nitrogen and oxygen atoms in total. The van der Waals surface area contributed by atoms with Crippen LogP contribution < -0.4 is 10.9 Å². The summed E-state index contributed by atoms with van der Waals surface area (Å²) in [7, 11) is 0. The molecule has 3 aromatic rings. The minimum absolute atomic E-state index is 0.119. The van der Waals surface area contributed by atoms with Gasteiger partial charge < -0.3 is 9.84 Å². The van der Waals surface area contributed by atoms with Gasteiger partial charge in [0.05, 0.1) is 5.69 Å². The highest BCUT2D eigenvalue weighted by atomic mass is 16.5. The zero-order valence-corrected chi connectivity index (χ0v) is 14.0. The molecule has 2 aromatic heterocycles. The Morgan fingerprint density at radius 3 is 2.75 bits per heavy atom. The normalized spacial score (nSPS) is 11.0. The quantitative estimate of drug-likeness (QED) is 0.797. The number of carbonyl (C=O) groups excluding carboxylic acids is 1. The molecule has 1 aromatic carbocycles. The Morgan fingerprint density at radius 2 is 2.00 bits per heavy atom. The summed E-state index contributed by atoms with van der Waals surface area (Å²) in [5.74, 6) is 0.115. The van der Waals surface area contributed by atoms with Gasteiger partial charge in [-0.15, -0.1) is 0 Å². The molecule has 0 radical (unpaired) electrons. The number of rotatable bonds is 3. The first-order valence-corrected chi connectivity index (χ1v) is 7.58. The molecule has 24 heavy (non-hydrogen) atoms. The standard InChI is InChI=1S/C17H18N4O3/c1-9-6-5-7-13(10(9)2)19-14(22)8-21-12(4)18-16-15(17(21)23)11(3)20-24-16/h5-7H,8H2,1-4H3,(H,19,22). The first-order chi connectivity index (χ1) is 11.4. The van der Waals surface area contributed by atoms with E-state index in [0.717, 1.165) is 16.8 Å². The minimum Gasteiger partial charge on any atom is -0.335 e. The average molecular weight is 326 g/mol. The van der Waals surface area contributed by atoms with Crippen LogP contribution in [0.5, 0.6) is 0 Å². The number of nitrogens with zero attached hydrogens (tertiary/aromatic N) is 3. The van der Waals surface area contributed by atoms with Gasteiger partial charge in [-0.05, 0) is 44.9 Å². The largest absolute Gasteiger partial charge is 0.335 e. The van der Waals surface area contributed by atoms with Crippen molar-refractivity contribution in [1.82, 2.24) is 14.7 Å². The maximum Gasteiger partial charge on any atom is 0.267 e. The fourth-order valence-electron chi connectivity index (χ4n) is 2.58. The molecule has 1 amide bonds. The van der Waals surface area contributed by atoms with Gasteiger partial charge in [-0.3, -0.25) is 14.2 Å². The molecule has 0 aliphatic carbocycles. The van der Waals surface area contributed by atoms with E-state index < -0.39 is 0 Å². The van der Waals surface area contributed by atoms with E-state index in [1.807, 2.05) is 32.0 Å². The lowest BCUT2D eigenvalue weighted by atomic mass is 10.1. The lowest BCUT2D eigenvalue weighted by Gasteiger charge is -2.12. The van der Waals surface area contributed by atoms with Crippen molar-refractivity contribution < 1.29 is 9.32 Å². The van der Waals surface area contributed by atoms with Crippen molar-refractivity contribution in [2.75, 3.05) is 5.32 Å². The van der Waals surface area contributed by atoms with Crippen molar-refractivity contribution in [1.29, 1.82) is 0 Å². The average Bonchev–Trinajstić information content (AvgIpc) is 2.89. The van der Waals surface area contributed by atoms with Crippen LogP contribution in [0.4, 0.5) is 5.69 Å². The summed E-state index contributed by atoms with van der Waals surface area (Å²) in [5.41, 5.74) is 3.16. The first-order valence-electron chi connectivity index (χ1n) is 7.58. The van der Waals surface area contributed by atoms with Crippen LogP contribution in [-0.2, 0) is 11.3 Å². The highest BCUT2D eigenvalue weighted by Crippen LogP contribution is 2.18. The first kappa shape index (κ1) is 15.9. The van der Waals surface area contributed by atoms with Crippen molar-refractivity contribution in [2.45, 2.75) is 34.2 Å². The molecule has 2 heterocycles. The van der Waals surface area contributed by atoms with Crippen LogP contribution in [0.25, 0.3) is 11.1 Å². The Morgan fingerprint density at radius 1 is 1.25 bits per heavy atom. The number of carbonyl (C=O) groups is 1. The Labute approximate surface area is 138 Å². The summed E-state index contributed by atoms with van der Waals surface area (Å²) in [5, 5.41) is 6.91. The summed E-state index contributed by atoms with van der Waals surface area (Å²) in [6.07, 6.45) is 0. The molecule has 0 unspecified atom stereocenters. The Hall–Kier alpha value is -2.96. The molecule has 0 atom stereocenters. The van der Waals surface area contributed by atoms with E-state index in [0.29, 0.717) is 16.9 Å². The predicted octanol–water partition coefficient (Wildman–Crippen LogP) is 2.26. The zero-order chi connectivity index (χ0) is 17.4. The van der Waals surface area contributed by atoms with Crippen LogP contribution in [-0.4, -0.2) is 20.6 Å². The van der Waals surface area contributed by atoms with Crippen molar-refractivity contribution >= 4 is 22.7 Å². The van der Waals surface area contributed by atoms with Crippen molar-refractivity contribution in [3.63, 3.8) is 0 Å². The number of fused-ring (bicyclic) bond motifs is 1. The third-order valence-corrected chi connectivity index (χ3v) is 4.14. The smallest absolute Gasteiger partial charge is 0.267 e. The predicted molar refractivity (Wildman–Crippen MR) is 90.1 cm³/mol. The lowest BCUT2D eigenvalue weighted by Crippen LogP contribution is -2.30. The number of anilines is 1. The Bertz CT molecular complexity index is 1000. The maximum absolute atomic E-state index is 12.6. The summed E-state index contributed by atoms with van der Waals surface area (Å²) in [4.78, 5) is 29.2. The molecular formula is C17H18N4O3. The SMILES string of the molecule is Cc1cccc(NC(=O)Cn2c(C)nc3onc(C)c3c2=O)c1C. The van der Waals surface area contributed by atoms with Crippen LogP contribution in [0.3, 0.4) is 0 Å². The molecular weight excluding hydrogens is 308 g/mol. The summed E-state index contributed by atoms with van der Waals surface area (Å²) < 4.78 is 6.35. The molecule has 1 N–H and O–H groups in total. The van der Waals surface area contributed by atoms with Crippen LogP contribution in [0.1, 0.15) is 22.6 Å². The molecule has 0 aliphatic heterocycles. The topological polar surface area (TPSA) is 90.0 Å². The Kier molecular flexibility index (Phi) is 3.92. The zero-order valence-electron chi connectivity index (χ0n) is 14.0. The summed E-state index contributed by atoms with van der Waals surface area (Å²) in [6.45, 7) is 7.13. The minimum atomic E-state index is -0.327. The lowest BCUT2D eigenvalue weighted by molar-refractivity contribution is -0.116. The molecule has 7 heteroatoms. The third kappa shape index (κ3) is 2.68. The summed E-state index contributed by atoms with van der Waals surface area (Å²) >= 11 is 0. The number of aromatic nitrogens is 3. The molecule has 0 fully saturated rings. The second kappa shape index (κ2) is 5.92. The Balaban J connectivity index is 1.92. The van der Waals surface area contributed by atoms with Crippen molar-refractivity contribution in [3.8, 4) is 0 Å². The van der Waals surface area contributed by atoms with Crippen molar-refractivity contribution in [3.05, 3.63) is 51.2 Å².